The van der Waals surface area contributed by atoms with Crippen molar-refractivity contribution in [2.45, 2.75) is 26.9 Å². The van der Waals surface area contributed by atoms with Crippen LogP contribution in [0.4, 0.5) is 0 Å². The normalized spacial score (nSPS) is 23.1. The van der Waals surface area contributed by atoms with Gasteiger partial charge in [-0.2, -0.15) is 0 Å². The summed E-state index contributed by atoms with van der Waals surface area (Å²) in [6.07, 6.45) is 6.53. The van der Waals surface area contributed by atoms with E-state index in [0.717, 1.165) is 11.1 Å². The first-order valence-electron chi connectivity index (χ1n) is 7.03. The average Bonchev–Trinajstić information content (AvgIpc) is 2.96. The number of hydrogen-bond donors (Lipinski definition) is 0. The van der Waals surface area contributed by atoms with Crippen LogP contribution in [-0.2, 0) is 9.53 Å². The molecule has 0 heterocycles. The fourth-order valence-electron chi connectivity index (χ4n) is 2.80. The minimum atomic E-state index is -0.681. The van der Waals surface area contributed by atoms with Crippen molar-refractivity contribution in [3.63, 3.8) is 0 Å². The van der Waals surface area contributed by atoms with E-state index in [0.29, 0.717) is 0 Å². The van der Waals surface area contributed by atoms with Crippen molar-refractivity contribution >= 4 is 29.2 Å². The van der Waals surface area contributed by atoms with Crippen LogP contribution < -0.4 is 0 Å². The molecule has 1 fully saturated rings. The number of terminal acetylenes is 1. The molecule has 2 nitrogen and oxygen atoms in total. The van der Waals surface area contributed by atoms with Crippen LogP contribution in [-0.4, -0.2) is 5.97 Å². The predicted octanol–water partition coefficient (Wildman–Crippen LogP) is 4.80. The second-order valence-electron chi connectivity index (χ2n) is 6.18. The second-order valence-corrected chi connectivity index (χ2v) is 7.19. The highest BCUT2D eigenvalue weighted by Crippen LogP contribution is 2.60. The Morgan fingerprint density at radius 1 is 1.45 bits per heavy atom. The molecule has 1 aliphatic carbocycles. The molecule has 0 amide bonds. The van der Waals surface area contributed by atoms with E-state index in [1.165, 1.54) is 0 Å². The van der Waals surface area contributed by atoms with Crippen LogP contribution in [0, 0.1) is 36.5 Å². The Labute approximate surface area is 141 Å². The largest absolute Gasteiger partial charge is 0.444 e. The molecule has 1 aromatic carbocycles. The monoisotopic (exact) mass is 336 g/mol. The number of allylic oxidation sites excluding steroid dienone is 1. The molecule has 0 saturated heterocycles. The quantitative estimate of drug-likeness (QED) is 0.582. The van der Waals surface area contributed by atoms with E-state index in [-0.39, 0.29) is 27.7 Å². The molecule has 1 aliphatic rings. The van der Waals surface area contributed by atoms with Gasteiger partial charge in [-0.15, -0.1) is 6.42 Å². The van der Waals surface area contributed by atoms with E-state index in [1.807, 2.05) is 45.0 Å². The maximum absolute atomic E-state index is 12.4. The highest BCUT2D eigenvalue weighted by Gasteiger charge is 2.61. The number of esters is 1. The zero-order valence-corrected chi connectivity index (χ0v) is 14.3. The number of hydrogen-bond acceptors (Lipinski definition) is 2. The number of halogens is 2. The predicted molar refractivity (Wildman–Crippen MR) is 89.4 cm³/mol. The summed E-state index contributed by atoms with van der Waals surface area (Å²) in [6.45, 7) is 5.93. The smallest absolute Gasteiger partial charge is 0.311 e. The van der Waals surface area contributed by atoms with E-state index in [9.17, 15) is 4.79 Å². The highest BCUT2D eigenvalue weighted by molar-refractivity contribution is 6.55. The minimum absolute atomic E-state index is 0.0269. The first-order chi connectivity index (χ1) is 10.3. The van der Waals surface area contributed by atoms with Crippen LogP contribution >= 0.6 is 23.2 Å². The molecule has 3 atom stereocenters. The molecule has 0 aromatic heterocycles. The van der Waals surface area contributed by atoms with Crippen LogP contribution in [0.3, 0.4) is 0 Å². The van der Waals surface area contributed by atoms with Crippen molar-refractivity contribution in [3.8, 4) is 12.3 Å². The number of rotatable bonds is 4. The first-order valence-corrected chi connectivity index (χ1v) is 7.79. The number of ether oxygens (including phenoxy) is 1. The van der Waals surface area contributed by atoms with Gasteiger partial charge in [0.25, 0.3) is 0 Å². The molecule has 116 valence electrons. The Hall–Kier alpha value is -1.43. The molecule has 0 radical (unpaired) electrons. The Bertz CT molecular complexity index is 651. The van der Waals surface area contributed by atoms with Gasteiger partial charge in [-0.1, -0.05) is 72.8 Å². The SMILES string of the molecule is C#CC(OC(=O)[C@@H]1[C@H](C=C(Cl)Cl)C1(C)C)c1cccc(C)c1. The molecular formula is C18H18Cl2O2. The molecule has 1 aromatic rings. The Kier molecular flexibility index (Phi) is 4.90. The van der Waals surface area contributed by atoms with Gasteiger partial charge >= 0.3 is 5.97 Å². The van der Waals surface area contributed by atoms with E-state index in [2.05, 4.69) is 5.92 Å². The minimum Gasteiger partial charge on any atom is -0.444 e. The first kappa shape index (κ1) is 16.9. The fourth-order valence-corrected chi connectivity index (χ4v) is 3.07. The summed E-state index contributed by atoms with van der Waals surface area (Å²) in [7, 11) is 0. The van der Waals surface area contributed by atoms with Gasteiger partial charge in [0.1, 0.15) is 4.49 Å². The Morgan fingerprint density at radius 2 is 2.14 bits per heavy atom. The standard InChI is InChI=1S/C18H18Cl2O2/c1-5-14(12-8-6-7-11(2)9-12)22-17(21)16-13(10-15(19)20)18(16,3)4/h1,6-10,13-14,16H,2-4H3/t13-,14?,16-/m0/s1. The molecule has 0 N–H and O–H groups in total. The van der Waals surface area contributed by atoms with Gasteiger partial charge in [0, 0.05) is 5.56 Å². The third kappa shape index (κ3) is 3.48. The van der Waals surface area contributed by atoms with Crippen molar-refractivity contribution in [2.24, 2.45) is 17.3 Å². The van der Waals surface area contributed by atoms with Crippen LogP contribution in [0.1, 0.15) is 31.1 Å². The van der Waals surface area contributed by atoms with Crippen LogP contribution in [0.5, 0.6) is 0 Å². The summed E-state index contributed by atoms with van der Waals surface area (Å²) < 4.78 is 5.69. The van der Waals surface area contributed by atoms with Gasteiger partial charge in [0.05, 0.1) is 5.92 Å². The lowest BCUT2D eigenvalue weighted by molar-refractivity contribution is -0.149. The molecule has 22 heavy (non-hydrogen) atoms. The highest BCUT2D eigenvalue weighted by atomic mass is 35.5. The van der Waals surface area contributed by atoms with Crippen LogP contribution in [0.25, 0.3) is 0 Å². The molecule has 2 rings (SSSR count). The van der Waals surface area contributed by atoms with E-state index < -0.39 is 6.10 Å². The maximum atomic E-state index is 12.4. The zero-order valence-electron chi connectivity index (χ0n) is 12.8. The van der Waals surface area contributed by atoms with Gasteiger partial charge in [0.15, 0.2) is 6.10 Å². The van der Waals surface area contributed by atoms with Crippen LogP contribution in [0.15, 0.2) is 34.8 Å². The van der Waals surface area contributed by atoms with Crippen molar-refractivity contribution in [1.82, 2.24) is 0 Å². The lowest BCUT2D eigenvalue weighted by atomic mass is 10.1. The Morgan fingerprint density at radius 3 is 2.68 bits per heavy atom. The number of aryl methyl sites for hydroxylation is 1. The van der Waals surface area contributed by atoms with Gasteiger partial charge in [-0.3, -0.25) is 4.79 Å². The lowest BCUT2D eigenvalue weighted by Crippen LogP contribution is -2.14. The van der Waals surface area contributed by atoms with Crippen LogP contribution in [0.2, 0.25) is 0 Å². The summed E-state index contributed by atoms with van der Waals surface area (Å²) >= 11 is 11.4. The third-order valence-corrected chi connectivity index (χ3v) is 4.45. The van der Waals surface area contributed by atoms with Gasteiger partial charge in [0.2, 0.25) is 0 Å². The van der Waals surface area contributed by atoms with Crippen molar-refractivity contribution in [2.75, 3.05) is 0 Å². The fraction of sp³-hybridized carbons (Fsp3) is 0.389. The molecule has 0 spiro atoms. The summed E-state index contributed by atoms with van der Waals surface area (Å²) in [4.78, 5) is 12.4. The second kappa shape index (κ2) is 6.36. The lowest BCUT2D eigenvalue weighted by Gasteiger charge is -2.14. The molecular weight excluding hydrogens is 319 g/mol. The van der Waals surface area contributed by atoms with E-state index >= 15 is 0 Å². The van der Waals surface area contributed by atoms with Crippen molar-refractivity contribution in [1.29, 1.82) is 0 Å². The van der Waals surface area contributed by atoms with Crippen molar-refractivity contribution < 1.29 is 9.53 Å². The van der Waals surface area contributed by atoms with Gasteiger partial charge in [-0.05, 0) is 24.3 Å². The molecule has 0 bridgehead atoms. The maximum Gasteiger partial charge on any atom is 0.311 e. The van der Waals surface area contributed by atoms with Crippen molar-refractivity contribution in [3.05, 3.63) is 46.0 Å². The molecule has 1 saturated carbocycles. The number of carbonyl (C=O) groups is 1. The van der Waals surface area contributed by atoms with Gasteiger partial charge < -0.3 is 4.74 Å². The topological polar surface area (TPSA) is 26.3 Å². The molecule has 1 unspecified atom stereocenters. The summed E-state index contributed by atoms with van der Waals surface area (Å²) in [5.41, 5.74) is 1.64. The summed E-state index contributed by atoms with van der Waals surface area (Å²) in [5, 5.41) is 0. The average molecular weight is 337 g/mol. The summed E-state index contributed by atoms with van der Waals surface area (Å²) in [6, 6.07) is 7.63. The number of benzene rings is 1. The van der Waals surface area contributed by atoms with E-state index in [4.69, 9.17) is 34.4 Å². The summed E-state index contributed by atoms with van der Waals surface area (Å²) in [5.74, 6) is 1.91. The molecule has 0 aliphatic heterocycles. The van der Waals surface area contributed by atoms with Gasteiger partial charge in [-0.25, -0.2) is 0 Å². The molecule has 4 heteroatoms. The zero-order chi connectivity index (χ0) is 16.5. The Balaban J connectivity index is 2.12. The van der Waals surface area contributed by atoms with E-state index in [1.54, 1.807) is 6.08 Å². The number of carbonyl (C=O) groups excluding carboxylic acids is 1. The third-order valence-electron chi connectivity index (χ3n) is 4.20.